The van der Waals surface area contributed by atoms with Crippen molar-refractivity contribution in [2.24, 2.45) is 5.92 Å². The highest BCUT2D eigenvalue weighted by Gasteiger charge is 2.14. The van der Waals surface area contributed by atoms with E-state index in [1.54, 1.807) is 0 Å². The first-order chi connectivity index (χ1) is 10.8. The highest BCUT2D eigenvalue weighted by atomic mass is 15.1. The maximum absolute atomic E-state index is 4.79. The summed E-state index contributed by atoms with van der Waals surface area (Å²) in [5.41, 5.74) is 2.66. The number of likely N-dealkylation sites (tertiary alicyclic amines) is 1. The van der Waals surface area contributed by atoms with Gasteiger partial charge in [0.25, 0.3) is 0 Å². The predicted molar refractivity (Wildman–Crippen MR) is 93.4 cm³/mol. The number of hydrogen-bond acceptors (Lipinski definition) is 3. The maximum Gasteiger partial charge on any atom is 0.129 e. The Morgan fingerprint density at radius 2 is 2.05 bits per heavy atom. The molecular formula is C19H31N3. The fourth-order valence-electron chi connectivity index (χ4n) is 3.61. The van der Waals surface area contributed by atoms with Crippen LogP contribution in [0.15, 0.2) is 12.1 Å². The minimum Gasteiger partial charge on any atom is -0.370 e. The lowest BCUT2D eigenvalue weighted by Gasteiger charge is -2.30. The quantitative estimate of drug-likeness (QED) is 0.808. The fraction of sp³-hybridized carbons (Fsp3) is 0.737. The molecule has 0 atom stereocenters. The minimum absolute atomic E-state index is 0.944. The average molecular weight is 301 g/mol. The highest BCUT2D eigenvalue weighted by molar-refractivity contribution is 5.46. The summed E-state index contributed by atoms with van der Waals surface area (Å²) in [4.78, 5) is 7.44. The van der Waals surface area contributed by atoms with Crippen LogP contribution >= 0.6 is 0 Å². The summed E-state index contributed by atoms with van der Waals surface area (Å²) in [6.07, 6.45) is 10.3. The van der Waals surface area contributed by atoms with Crippen LogP contribution in [-0.4, -0.2) is 36.1 Å². The average Bonchev–Trinajstić information content (AvgIpc) is 2.56. The molecule has 1 aromatic rings. The van der Waals surface area contributed by atoms with Gasteiger partial charge in [-0.3, -0.25) is 0 Å². The van der Waals surface area contributed by atoms with Crippen LogP contribution in [0.2, 0.25) is 0 Å². The molecule has 1 fully saturated rings. The second kappa shape index (κ2) is 7.96. The molecule has 0 amide bonds. The molecule has 2 aliphatic heterocycles. The van der Waals surface area contributed by atoms with E-state index in [0.29, 0.717) is 0 Å². The Kier molecular flexibility index (Phi) is 5.71. The van der Waals surface area contributed by atoms with Gasteiger partial charge in [-0.15, -0.1) is 0 Å². The van der Waals surface area contributed by atoms with E-state index in [4.69, 9.17) is 4.98 Å². The van der Waals surface area contributed by atoms with Crippen LogP contribution in [0.5, 0.6) is 0 Å². The number of anilines is 1. The predicted octanol–water partition coefficient (Wildman–Crippen LogP) is 3.88. The van der Waals surface area contributed by atoms with Crippen LogP contribution in [0, 0.1) is 5.92 Å². The van der Waals surface area contributed by atoms with Crippen LogP contribution in [0.1, 0.15) is 56.7 Å². The van der Waals surface area contributed by atoms with Gasteiger partial charge in [0.1, 0.15) is 5.82 Å². The zero-order valence-corrected chi connectivity index (χ0v) is 14.1. The monoisotopic (exact) mass is 301 g/mol. The lowest BCUT2D eigenvalue weighted by molar-refractivity contribution is 0.189. The lowest BCUT2D eigenvalue weighted by Crippen LogP contribution is -2.33. The van der Waals surface area contributed by atoms with Crippen LogP contribution in [0.4, 0.5) is 5.82 Å². The third-order valence-electron chi connectivity index (χ3n) is 5.24. The van der Waals surface area contributed by atoms with E-state index < -0.39 is 0 Å². The van der Waals surface area contributed by atoms with E-state index in [9.17, 15) is 0 Å². The van der Waals surface area contributed by atoms with Gasteiger partial charge in [0, 0.05) is 12.2 Å². The summed E-state index contributed by atoms with van der Waals surface area (Å²) >= 11 is 0. The molecule has 122 valence electrons. The molecule has 3 heterocycles. The molecule has 0 spiro atoms. The fourth-order valence-corrected chi connectivity index (χ4v) is 3.61. The number of nitrogens with one attached hydrogen (secondary N) is 1. The molecule has 2 aliphatic rings. The van der Waals surface area contributed by atoms with Gasteiger partial charge in [-0.1, -0.05) is 19.4 Å². The Labute approximate surface area is 135 Å². The Morgan fingerprint density at radius 3 is 2.91 bits per heavy atom. The molecule has 1 N–H and O–H groups in total. The molecule has 0 bridgehead atoms. The highest BCUT2D eigenvalue weighted by Crippen LogP contribution is 2.20. The molecule has 1 aromatic heterocycles. The van der Waals surface area contributed by atoms with Gasteiger partial charge in [0.05, 0.1) is 0 Å². The summed E-state index contributed by atoms with van der Waals surface area (Å²) in [5, 5.41) is 3.43. The van der Waals surface area contributed by atoms with Crippen molar-refractivity contribution in [1.82, 2.24) is 9.88 Å². The molecular weight excluding hydrogens is 270 g/mol. The molecule has 0 unspecified atom stereocenters. The number of aryl methyl sites for hydroxylation is 2. The van der Waals surface area contributed by atoms with Crippen molar-refractivity contribution >= 4 is 5.82 Å². The Hall–Kier alpha value is -1.09. The molecule has 0 radical (unpaired) electrons. The van der Waals surface area contributed by atoms with E-state index in [1.165, 1.54) is 75.8 Å². The second-order valence-corrected chi connectivity index (χ2v) is 7.18. The number of pyridine rings is 1. The number of aromatic nitrogens is 1. The Bertz CT molecular complexity index is 464. The van der Waals surface area contributed by atoms with Crippen molar-refractivity contribution in [3.8, 4) is 0 Å². The van der Waals surface area contributed by atoms with Crippen LogP contribution in [0.25, 0.3) is 0 Å². The van der Waals surface area contributed by atoms with E-state index in [-0.39, 0.29) is 0 Å². The van der Waals surface area contributed by atoms with E-state index in [2.05, 4.69) is 29.3 Å². The van der Waals surface area contributed by atoms with Crippen LogP contribution in [-0.2, 0) is 12.8 Å². The topological polar surface area (TPSA) is 28.2 Å². The summed E-state index contributed by atoms with van der Waals surface area (Å²) in [6, 6.07) is 4.51. The summed E-state index contributed by atoms with van der Waals surface area (Å²) < 4.78 is 0. The number of piperidine rings is 1. The van der Waals surface area contributed by atoms with Gasteiger partial charge in [-0.25, -0.2) is 4.98 Å². The van der Waals surface area contributed by atoms with Crippen molar-refractivity contribution in [2.45, 2.75) is 58.3 Å². The van der Waals surface area contributed by atoms with E-state index in [0.717, 1.165) is 24.7 Å². The van der Waals surface area contributed by atoms with Gasteiger partial charge in [-0.05, 0) is 82.1 Å². The normalized spacial score (nSPS) is 19.7. The molecule has 0 saturated carbocycles. The van der Waals surface area contributed by atoms with Gasteiger partial charge < -0.3 is 10.2 Å². The zero-order chi connectivity index (χ0) is 15.2. The first-order valence-corrected chi connectivity index (χ1v) is 9.26. The first-order valence-electron chi connectivity index (χ1n) is 9.26. The van der Waals surface area contributed by atoms with Gasteiger partial charge >= 0.3 is 0 Å². The van der Waals surface area contributed by atoms with Gasteiger partial charge in [-0.2, -0.15) is 0 Å². The number of hydrogen-bond donors (Lipinski definition) is 1. The SMILES string of the molecule is CC1CCN(CCCCCc2ccc3c(n2)NCCC3)CC1. The molecule has 3 nitrogen and oxygen atoms in total. The smallest absolute Gasteiger partial charge is 0.129 e. The summed E-state index contributed by atoms with van der Waals surface area (Å²) in [6.45, 7) is 7.40. The number of rotatable bonds is 6. The van der Waals surface area contributed by atoms with E-state index in [1.807, 2.05) is 0 Å². The summed E-state index contributed by atoms with van der Waals surface area (Å²) in [7, 11) is 0. The van der Waals surface area contributed by atoms with Crippen molar-refractivity contribution in [1.29, 1.82) is 0 Å². The second-order valence-electron chi connectivity index (χ2n) is 7.18. The lowest BCUT2D eigenvalue weighted by atomic mass is 9.99. The first kappa shape index (κ1) is 15.8. The zero-order valence-electron chi connectivity index (χ0n) is 14.1. The van der Waals surface area contributed by atoms with Crippen molar-refractivity contribution in [3.05, 3.63) is 23.4 Å². The Balaban J connectivity index is 1.33. The molecule has 3 rings (SSSR count). The van der Waals surface area contributed by atoms with Crippen LogP contribution < -0.4 is 5.32 Å². The number of nitrogens with zero attached hydrogens (tertiary/aromatic N) is 2. The molecule has 1 saturated heterocycles. The molecule has 22 heavy (non-hydrogen) atoms. The summed E-state index contributed by atoms with van der Waals surface area (Å²) in [5.74, 6) is 2.09. The largest absolute Gasteiger partial charge is 0.370 e. The molecule has 0 aliphatic carbocycles. The van der Waals surface area contributed by atoms with Crippen molar-refractivity contribution in [2.75, 3.05) is 31.5 Å². The van der Waals surface area contributed by atoms with Gasteiger partial charge in [0.15, 0.2) is 0 Å². The third kappa shape index (κ3) is 4.45. The van der Waals surface area contributed by atoms with Crippen molar-refractivity contribution < 1.29 is 0 Å². The number of unbranched alkanes of at least 4 members (excludes halogenated alkanes) is 2. The number of fused-ring (bicyclic) bond motifs is 1. The van der Waals surface area contributed by atoms with E-state index >= 15 is 0 Å². The third-order valence-corrected chi connectivity index (χ3v) is 5.24. The van der Waals surface area contributed by atoms with Crippen molar-refractivity contribution in [3.63, 3.8) is 0 Å². The van der Waals surface area contributed by atoms with Gasteiger partial charge in [0.2, 0.25) is 0 Å². The van der Waals surface area contributed by atoms with Crippen LogP contribution in [0.3, 0.4) is 0 Å². The molecule has 3 heteroatoms. The maximum atomic E-state index is 4.79. The minimum atomic E-state index is 0.944. The standard InChI is InChI=1S/C19H31N3/c1-16-10-14-22(15-11-16)13-4-2-3-7-18-9-8-17-6-5-12-20-19(17)21-18/h8-9,16H,2-7,10-15H2,1H3,(H,20,21). The molecule has 0 aromatic carbocycles. The Morgan fingerprint density at radius 1 is 1.18 bits per heavy atom.